The molecule has 0 aromatic heterocycles. The minimum absolute atomic E-state index is 0.0503. The molecular weight excluding hydrogens is 328 g/mol. The fourth-order valence-corrected chi connectivity index (χ4v) is 2.28. The molecule has 2 aromatic carbocycles. The number of phenolic OH excluding ortho intramolecular Hbond substituents is 1. The Morgan fingerprint density at radius 2 is 1.62 bits per heavy atom. The van der Waals surface area contributed by atoms with Gasteiger partial charge in [0.1, 0.15) is 5.75 Å². The van der Waals surface area contributed by atoms with Crippen LogP contribution in [0.15, 0.2) is 42.5 Å². The summed E-state index contributed by atoms with van der Waals surface area (Å²) in [7, 11) is 0. The Morgan fingerprint density at radius 3 is 2.21 bits per heavy atom. The summed E-state index contributed by atoms with van der Waals surface area (Å²) in [4.78, 5) is 23.9. The van der Waals surface area contributed by atoms with E-state index in [4.69, 9.17) is 11.6 Å². The summed E-state index contributed by atoms with van der Waals surface area (Å²) >= 11 is 5.84. The summed E-state index contributed by atoms with van der Waals surface area (Å²) in [6, 6.07) is 11.0. The smallest absolute Gasteiger partial charge is 0.259 e. The number of aromatic hydroxyl groups is 1. The lowest BCUT2D eigenvalue weighted by Crippen LogP contribution is -2.14. The Balaban J connectivity index is 2.02. The zero-order valence-corrected chi connectivity index (χ0v) is 14.2. The molecule has 126 valence electrons. The fourth-order valence-electron chi connectivity index (χ4n) is 2.11. The van der Waals surface area contributed by atoms with Crippen molar-refractivity contribution in [3.05, 3.63) is 53.1 Å². The highest BCUT2D eigenvalue weighted by Crippen LogP contribution is 2.23. The van der Waals surface area contributed by atoms with Gasteiger partial charge in [0.05, 0.1) is 5.56 Å². The lowest BCUT2D eigenvalue weighted by Gasteiger charge is -2.10. The van der Waals surface area contributed by atoms with E-state index in [1.807, 2.05) is 13.8 Å². The summed E-state index contributed by atoms with van der Waals surface area (Å²) in [5.41, 5.74) is 1.29. The number of carbonyl (C=O) groups excluding carboxylic acids is 2. The van der Waals surface area contributed by atoms with Crippen LogP contribution in [0.1, 0.15) is 30.6 Å². The van der Waals surface area contributed by atoms with E-state index in [2.05, 4.69) is 10.6 Å². The molecule has 3 N–H and O–H groups in total. The molecule has 0 aliphatic carbocycles. The third-order valence-corrected chi connectivity index (χ3v) is 3.46. The van der Waals surface area contributed by atoms with Crippen molar-refractivity contribution in [2.45, 2.75) is 20.3 Å². The minimum atomic E-state index is -0.466. The van der Waals surface area contributed by atoms with Crippen LogP contribution >= 0.6 is 11.6 Å². The molecule has 0 unspecified atom stereocenters. The average molecular weight is 347 g/mol. The van der Waals surface area contributed by atoms with Gasteiger partial charge in [-0.3, -0.25) is 9.59 Å². The van der Waals surface area contributed by atoms with E-state index in [0.717, 1.165) is 0 Å². The standard InChI is InChI=1S/C18H19ClN2O3/c1-11(2)9-17(23)20-13-4-6-14(7-5-13)21-18(24)15-10-12(19)3-8-16(15)22/h3-8,10-11,22H,9H2,1-2H3,(H,20,23)(H,21,24). The number of hydrogen-bond donors (Lipinski definition) is 3. The second-order valence-corrected chi connectivity index (χ2v) is 6.28. The van der Waals surface area contributed by atoms with Crippen molar-refractivity contribution in [1.29, 1.82) is 0 Å². The van der Waals surface area contributed by atoms with Gasteiger partial charge >= 0.3 is 0 Å². The van der Waals surface area contributed by atoms with Crippen LogP contribution in [0.2, 0.25) is 5.02 Å². The molecule has 24 heavy (non-hydrogen) atoms. The molecule has 0 aliphatic heterocycles. The number of rotatable bonds is 5. The maximum atomic E-state index is 12.2. The summed E-state index contributed by atoms with van der Waals surface area (Å²) in [6.07, 6.45) is 0.451. The molecule has 0 heterocycles. The summed E-state index contributed by atoms with van der Waals surface area (Å²) in [5.74, 6) is -0.374. The van der Waals surface area contributed by atoms with Crippen molar-refractivity contribution in [1.82, 2.24) is 0 Å². The predicted octanol–water partition coefficient (Wildman–Crippen LogP) is 4.28. The molecule has 0 atom stereocenters. The van der Waals surface area contributed by atoms with Gasteiger partial charge in [-0.15, -0.1) is 0 Å². The Labute approximate surface area is 145 Å². The van der Waals surface area contributed by atoms with Gasteiger partial charge < -0.3 is 15.7 Å². The fraction of sp³-hybridized carbons (Fsp3) is 0.222. The number of halogens is 1. The number of nitrogens with one attached hydrogen (secondary N) is 2. The molecule has 2 amide bonds. The molecule has 0 saturated heterocycles. The monoisotopic (exact) mass is 346 g/mol. The van der Waals surface area contributed by atoms with Crippen LogP contribution in [0, 0.1) is 5.92 Å². The van der Waals surface area contributed by atoms with E-state index in [-0.39, 0.29) is 23.1 Å². The first-order valence-electron chi connectivity index (χ1n) is 7.55. The van der Waals surface area contributed by atoms with E-state index >= 15 is 0 Å². The lowest BCUT2D eigenvalue weighted by molar-refractivity contribution is -0.116. The molecule has 0 fully saturated rings. The van der Waals surface area contributed by atoms with Crippen LogP contribution in [0.3, 0.4) is 0 Å². The third kappa shape index (κ3) is 4.99. The number of amides is 2. The zero-order valence-electron chi connectivity index (χ0n) is 13.5. The van der Waals surface area contributed by atoms with Gasteiger partial charge in [0.15, 0.2) is 0 Å². The van der Waals surface area contributed by atoms with Gasteiger partial charge in [0, 0.05) is 22.8 Å². The van der Waals surface area contributed by atoms with Crippen molar-refractivity contribution >= 4 is 34.8 Å². The molecule has 0 aliphatic rings. The molecule has 0 saturated carbocycles. The van der Waals surface area contributed by atoms with Gasteiger partial charge in [0.25, 0.3) is 5.91 Å². The third-order valence-electron chi connectivity index (χ3n) is 3.22. The first-order chi connectivity index (χ1) is 11.3. The van der Waals surface area contributed by atoms with Crippen LogP contribution in [0.5, 0.6) is 5.75 Å². The number of phenols is 1. The highest BCUT2D eigenvalue weighted by atomic mass is 35.5. The second kappa shape index (κ2) is 7.84. The Bertz CT molecular complexity index is 742. The highest BCUT2D eigenvalue weighted by Gasteiger charge is 2.12. The molecule has 0 radical (unpaired) electrons. The Morgan fingerprint density at radius 1 is 1.04 bits per heavy atom. The molecular formula is C18H19ClN2O3. The number of hydrogen-bond acceptors (Lipinski definition) is 3. The molecule has 5 nitrogen and oxygen atoms in total. The maximum absolute atomic E-state index is 12.2. The highest BCUT2D eigenvalue weighted by molar-refractivity contribution is 6.31. The number of anilines is 2. The van der Waals surface area contributed by atoms with E-state index in [1.54, 1.807) is 24.3 Å². The molecule has 6 heteroatoms. The van der Waals surface area contributed by atoms with Crippen molar-refractivity contribution in [3.63, 3.8) is 0 Å². The Kier molecular flexibility index (Phi) is 5.82. The van der Waals surface area contributed by atoms with Gasteiger partial charge in [-0.1, -0.05) is 25.4 Å². The normalized spacial score (nSPS) is 10.5. The molecule has 0 bridgehead atoms. The number of benzene rings is 2. The van der Waals surface area contributed by atoms with Crippen LogP contribution in [-0.4, -0.2) is 16.9 Å². The predicted molar refractivity (Wildman–Crippen MR) is 95.6 cm³/mol. The topological polar surface area (TPSA) is 78.4 Å². The van der Waals surface area contributed by atoms with Crippen LogP contribution in [-0.2, 0) is 4.79 Å². The van der Waals surface area contributed by atoms with Crippen LogP contribution in [0.4, 0.5) is 11.4 Å². The minimum Gasteiger partial charge on any atom is -0.507 e. The van der Waals surface area contributed by atoms with E-state index < -0.39 is 5.91 Å². The molecule has 0 spiro atoms. The quantitative estimate of drug-likeness (QED) is 0.756. The first kappa shape index (κ1) is 17.8. The summed E-state index contributed by atoms with van der Waals surface area (Å²) < 4.78 is 0. The summed E-state index contributed by atoms with van der Waals surface area (Å²) in [6.45, 7) is 3.95. The van der Waals surface area contributed by atoms with E-state index in [9.17, 15) is 14.7 Å². The average Bonchev–Trinajstić information content (AvgIpc) is 2.50. The van der Waals surface area contributed by atoms with E-state index in [1.165, 1.54) is 18.2 Å². The maximum Gasteiger partial charge on any atom is 0.259 e. The largest absolute Gasteiger partial charge is 0.507 e. The van der Waals surface area contributed by atoms with Gasteiger partial charge in [-0.05, 0) is 48.4 Å². The van der Waals surface area contributed by atoms with E-state index in [0.29, 0.717) is 22.8 Å². The molecule has 2 aromatic rings. The van der Waals surface area contributed by atoms with Gasteiger partial charge in [-0.25, -0.2) is 0 Å². The first-order valence-corrected chi connectivity index (χ1v) is 7.92. The number of carbonyl (C=O) groups is 2. The SMILES string of the molecule is CC(C)CC(=O)Nc1ccc(NC(=O)c2cc(Cl)ccc2O)cc1. The van der Waals surface area contributed by atoms with Crippen molar-refractivity contribution in [2.24, 2.45) is 5.92 Å². The van der Waals surface area contributed by atoms with Crippen molar-refractivity contribution in [2.75, 3.05) is 10.6 Å². The lowest BCUT2D eigenvalue weighted by atomic mass is 10.1. The van der Waals surface area contributed by atoms with Gasteiger partial charge in [0.2, 0.25) is 5.91 Å². The van der Waals surface area contributed by atoms with Crippen LogP contribution in [0.25, 0.3) is 0 Å². The summed E-state index contributed by atoms with van der Waals surface area (Å²) in [5, 5.41) is 15.6. The molecule has 2 rings (SSSR count). The Hall–Kier alpha value is -2.53. The van der Waals surface area contributed by atoms with Gasteiger partial charge in [-0.2, -0.15) is 0 Å². The second-order valence-electron chi connectivity index (χ2n) is 5.84. The van der Waals surface area contributed by atoms with Crippen LogP contribution < -0.4 is 10.6 Å². The van der Waals surface area contributed by atoms with Crippen molar-refractivity contribution in [3.8, 4) is 5.75 Å². The van der Waals surface area contributed by atoms with Crippen molar-refractivity contribution < 1.29 is 14.7 Å². The zero-order chi connectivity index (χ0) is 17.7.